The second-order valence-corrected chi connectivity index (χ2v) is 5.09. The molecular formula is C14H17FO3. The fraction of sp³-hybridized carbons (Fsp3) is 0.571. The average molecular weight is 253 g/mol. The van der Waals surface area contributed by atoms with E-state index in [1.165, 1.54) is 6.92 Å². The molecule has 3 nitrogen and oxygen atoms in total. The van der Waals surface area contributed by atoms with Gasteiger partial charge in [0, 0.05) is 6.42 Å². The SMILES string of the molecule is [2H]c1cc(C)cc(CC2CO2)c1OCC1OC1(C)F. The van der Waals surface area contributed by atoms with Crippen molar-refractivity contribution in [3.8, 4) is 5.75 Å². The highest BCUT2D eigenvalue weighted by atomic mass is 19.2. The van der Waals surface area contributed by atoms with Gasteiger partial charge in [-0.1, -0.05) is 17.7 Å². The van der Waals surface area contributed by atoms with Gasteiger partial charge in [0.2, 0.25) is 5.85 Å². The number of hydrogen-bond donors (Lipinski definition) is 0. The van der Waals surface area contributed by atoms with Crippen molar-refractivity contribution in [2.45, 2.75) is 38.3 Å². The summed E-state index contributed by atoms with van der Waals surface area (Å²) in [6.07, 6.45) is 0.437. The molecule has 3 atom stereocenters. The second kappa shape index (κ2) is 4.21. The minimum absolute atomic E-state index is 0.139. The Morgan fingerprint density at radius 1 is 1.67 bits per heavy atom. The number of aryl methyl sites for hydroxylation is 1. The van der Waals surface area contributed by atoms with Gasteiger partial charge in [-0.2, -0.15) is 0 Å². The van der Waals surface area contributed by atoms with E-state index in [0.717, 1.165) is 24.2 Å². The van der Waals surface area contributed by atoms with E-state index < -0.39 is 12.0 Å². The Hall–Kier alpha value is -1.13. The van der Waals surface area contributed by atoms with Crippen LogP contribution in [0.5, 0.6) is 5.75 Å². The first-order valence-electron chi connectivity index (χ1n) is 6.67. The summed E-state index contributed by atoms with van der Waals surface area (Å²) in [6, 6.07) is 4.07. The van der Waals surface area contributed by atoms with Crippen LogP contribution in [0.1, 0.15) is 19.4 Å². The van der Waals surface area contributed by atoms with Crippen LogP contribution in [0.15, 0.2) is 18.2 Å². The third-order valence-electron chi connectivity index (χ3n) is 3.24. The number of alkyl halides is 1. The van der Waals surface area contributed by atoms with Gasteiger partial charge < -0.3 is 14.2 Å². The molecule has 0 radical (unpaired) electrons. The summed E-state index contributed by atoms with van der Waals surface area (Å²) < 4.78 is 36.9. The molecule has 0 amide bonds. The molecule has 0 aromatic heterocycles. The van der Waals surface area contributed by atoms with Crippen molar-refractivity contribution in [3.05, 3.63) is 29.3 Å². The van der Waals surface area contributed by atoms with Crippen LogP contribution in [0, 0.1) is 6.92 Å². The van der Waals surface area contributed by atoms with E-state index in [2.05, 4.69) is 0 Å². The van der Waals surface area contributed by atoms with E-state index in [0.29, 0.717) is 11.8 Å². The van der Waals surface area contributed by atoms with Crippen molar-refractivity contribution in [1.82, 2.24) is 0 Å². The number of halogens is 1. The molecule has 2 aliphatic rings. The van der Waals surface area contributed by atoms with Crippen molar-refractivity contribution in [2.75, 3.05) is 13.2 Å². The van der Waals surface area contributed by atoms with Gasteiger partial charge in [-0.3, -0.25) is 0 Å². The lowest BCUT2D eigenvalue weighted by Gasteiger charge is -2.11. The van der Waals surface area contributed by atoms with Crippen molar-refractivity contribution in [2.24, 2.45) is 0 Å². The van der Waals surface area contributed by atoms with Gasteiger partial charge in [0.25, 0.3) is 0 Å². The summed E-state index contributed by atoms with van der Waals surface area (Å²) in [5.74, 6) is -1.06. The quantitative estimate of drug-likeness (QED) is 0.756. The number of epoxide rings is 2. The maximum atomic E-state index is 13.3. The maximum Gasteiger partial charge on any atom is 0.236 e. The number of benzene rings is 1. The zero-order valence-corrected chi connectivity index (χ0v) is 10.5. The molecule has 2 saturated heterocycles. The maximum absolute atomic E-state index is 13.3. The smallest absolute Gasteiger partial charge is 0.236 e. The Balaban J connectivity index is 1.74. The Bertz CT molecular complexity index is 500. The average Bonchev–Trinajstić information content (AvgIpc) is 3.18. The summed E-state index contributed by atoms with van der Waals surface area (Å²) in [7, 11) is 0. The molecule has 2 fully saturated rings. The van der Waals surface area contributed by atoms with Crippen molar-refractivity contribution >= 4 is 0 Å². The largest absolute Gasteiger partial charge is 0.490 e. The molecule has 0 saturated carbocycles. The van der Waals surface area contributed by atoms with Crippen LogP contribution in [0.25, 0.3) is 0 Å². The lowest BCUT2D eigenvalue weighted by Crippen LogP contribution is -2.12. The molecule has 98 valence electrons. The van der Waals surface area contributed by atoms with Gasteiger partial charge in [0.15, 0.2) is 6.10 Å². The molecule has 3 rings (SSSR count). The molecule has 2 aliphatic heterocycles. The predicted octanol–water partition coefficient (Wildman–Crippen LogP) is 2.40. The number of ether oxygens (including phenoxy) is 3. The second-order valence-electron chi connectivity index (χ2n) is 5.09. The van der Waals surface area contributed by atoms with Gasteiger partial charge in [0.1, 0.15) is 12.4 Å². The zero-order chi connectivity index (χ0) is 13.6. The molecular weight excluding hydrogens is 235 g/mol. The van der Waals surface area contributed by atoms with E-state index >= 15 is 0 Å². The third-order valence-corrected chi connectivity index (χ3v) is 3.24. The first-order chi connectivity index (χ1) is 8.95. The van der Waals surface area contributed by atoms with Gasteiger partial charge in [-0.15, -0.1) is 0 Å². The Kier molecular flexibility index (Phi) is 2.52. The molecule has 1 aromatic rings. The number of rotatable bonds is 5. The van der Waals surface area contributed by atoms with Crippen LogP contribution in [-0.4, -0.2) is 31.3 Å². The summed E-state index contributed by atoms with van der Waals surface area (Å²) in [5, 5.41) is 0. The molecule has 1 aromatic carbocycles. The summed E-state index contributed by atoms with van der Waals surface area (Å²) in [4.78, 5) is 0. The highest BCUT2D eigenvalue weighted by Crippen LogP contribution is 2.38. The molecule has 0 bridgehead atoms. The lowest BCUT2D eigenvalue weighted by atomic mass is 10.1. The summed E-state index contributed by atoms with van der Waals surface area (Å²) >= 11 is 0. The standard InChI is InChI=1S/C14H17FO3/c1-9-3-4-12(10(5-9)6-11-7-16-11)17-8-13-14(2,15)18-13/h3-5,11,13H,6-8H2,1-2H3/i4D. The van der Waals surface area contributed by atoms with E-state index in [1.54, 1.807) is 6.07 Å². The highest BCUT2D eigenvalue weighted by molar-refractivity contribution is 5.37. The Morgan fingerprint density at radius 2 is 2.39 bits per heavy atom. The molecule has 4 heteroatoms. The van der Waals surface area contributed by atoms with E-state index in [1.807, 2.05) is 13.0 Å². The molecule has 18 heavy (non-hydrogen) atoms. The molecule has 0 spiro atoms. The summed E-state index contributed by atoms with van der Waals surface area (Å²) in [5.41, 5.74) is 1.97. The van der Waals surface area contributed by atoms with Crippen molar-refractivity contribution in [3.63, 3.8) is 0 Å². The number of hydrogen-bond acceptors (Lipinski definition) is 3. The van der Waals surface area contributed by atoms with Crippen molar-refractivity contribution in [1.29, 1.82) is 0 Å². The highest BCUT2D eigenvalue weighted by Gasteiger charge is 2.54. The molecule has 3 unspecified atom stereocenters. The van der Waals surface area contributed by atoms with Gasteiger partial charge in [-0.05, 0) is 25.5 Å². The zero-order valence-electron chi connectivity index (χ0n) is 11.5. The third kappa shape index (κ3) is 2.65. The van der Waals surface area contributed by atoms with Crippen LogP contribution in [0.2, 0.25) is 0 Å². The van der Waals surface area contributed by atoms with Crippen LogP contribution in [-0.2, 0) is 15.9 Å². The Labute approximate surface area is 107 Å². The van der Waals surface area contributed by atoms with Gasteiger partial charge in [0.05, 0.1) is 14.1 Å². The van der Waals surface area contributed by atoms with Crippen LogP contribution in [0.4, 0.5) is 4.39 Å². The first-order valence-corrected chi connectivity index (χ1v) is 6.17. The first kappa shape index (κ1) is 10.8. The predicted molar refractivity (Wildman–Crippen MR) is 64.5 cm³/mol. The topological polar surface area (TPSA) is 34.3 Å². The minimum Gasteiger partial charge on any atom is -0.490 e. The van der Waals surface area contributed by atoms with Gasteiger partial charge >= 0.3 is 0 Å². The van der Waals surface area contributed by atoms with Crippen LogP contribution < -0.4 is 4.74 Å². The van der Waals surface area contributed by atoms with Gasteiger partial charge in [-0.25, -0.2) is 4.39 Å². The Morgan fingerprint density at radius 3 is 3.00 bits per heavy atom. The molecule has 2 heterocycles. The fourth-order valence-corrected chi connectivity index (χ4v) is 1.96. The van der Waals surface area contributed by atoms with Crippen molar-refractivity contribution < 1.29 is 20.0 Å². The van der Waals surface area contributed by atoms with Crippen LogP contribution in [0.3, 0.4) is 0 Å². The molecule has 0 aliphatic carbocycles. The fourth-order valence-electron chi connectivity index (χ4n) is 1.96. The van der Waals surface area contributed by atoms with E-state index in [4.69, 9.17) is 15.6 Å². The van der Waals surface area contributed by atoms with Crippen LogP contribution >= 0.6 is 0 Å². The lowest BCUT2D eigenvalue weighted by molar-refractivity contribution is 0.161. The summed E-state index contributed by atoms with van der Waals surface area (Å²) in [6.45, 7) is 4.23. The monoisotopic (exact) mass is 253 g/mol. The minimum atomic E-state index is -1.58. The normalized spacial score (nSPS) is 34.1. The van der Waals surface area contributed by atoms with E-state index in [-0.39, 0.29) is 12.7 Å². The van der Waals surface area contributed by atoms with E-state index in [9.17, 15) is 4.39 Å². The molecule has 0 N–H and O–H groups in total.